The summed E-state index contributed by atoms with van der Waals surface area (Å²) in [5, 5.41) is 9.59. The van der Waals surface area contributed by atoms with Gasteiger partial charge in [-0.25, -0.2) is 21.6 Å². The van der Waals surface area contributed by atoms with Crippen molar-refractivity contribution in [3.05, 3.63) is 53.6 Å². The first-order valence-electron chi connectivity index (χ1n) is 15.4. The predicted molar refractivity (Wildman–Crippen MR) is 167 cm³/mol. The summed E-state index contributed by atoms with van der Waals surface area (Å²) < 4.78 is 55.9. The van der Waals surface area contributed by atoms with Crippen LogP contribution in [0.5, 0.6) is 0 Å². The molecule has 2 N–H and O–H groups in total. The fraction of sp³-hybridized carbons (Fsp3) is 0.581. The highest BCUT2D eigenvalue weighted by molar-refractivity contribution is 7.89. The minimum Gasteiger partial charge on any atom is -0.481 e. The van der Waals surface area contributed by atoms with Crippen molar-refractivity contribution in [1.82, 2.24) is 9.03 Å². The number of aliphatic carboxylic acids is 1. The number of nitrogens with zero attached hydrogens (tertiary/aromatic N) is 2. The molecule has 236 valence electrons. The maximum absolute atomic E-state index is 12.9. The van der Waals surface area contributed by atoms with Crippen molar-refractivity contribution in [2.45, 2.75) is 80.0 Å². The number of hydrogen-bond acceptors (Lipinski definition) is 6. The molecule has 2 saturated heterocycles. The minimum absolute atomic E-state index is 0.0957. The van der Waals surface area contributed by atoms with Crippen molar-refractivity contribution in [3.63, 3.8) is 0 Å². The summed E-state index contributed by atoms with van der Waals surface area (Å²) in [5.74, 6) is -0.185. The second kappa shape index (κ2) is 13.9. The van der Waals surface area contributed by atoms with E-state index in [2.05, 4.69) is 9.62 Å². The number of carboxylic acids is 1. The number of benzene rings is 2. The van der Waals surface area contributed by atoms with Gasteiger partial charge in [0.1, 0.15) is 0 Å². The standard InChI is InChI=1S/C31H42ClN3O6S2/c32-29-22-28(42(38,39)33-26-10-9-25(21-26)31(36)37)11-12-30(29)34-17-13-23(14-18-34)5-4-6-24-15-19-35(20-16-24)43(40,41)27-7-2-1-3-8-27/h1-3,7-8,11-12,22-26,33H,4-6,9-10,13-21H2,(H,36,37). The van der Waals surface area contributed by atoms with Crippen LogP contribution < -0.4 is 9.62 Å². The molecule has 0 aromatic heterocycles. The van der Waals surface area contributed by atoms with Crippen LogP contribution in [-0.4, -0.2) is 64.4 Å². The van der Waals surface area contributed by atoms with E-state index in [1.807, 2.05) is 6.07 Å². The summed E-state index contributed by atoms with van der Waals surface area (Å²) in [6.07, 6.45) is 8.65. The first-order valence-corrected chi connectivity index (χ1v) is 18.7. The Balaban J connectivity index is 1.04. The highest BCUT2D eigenvalue weighted by atomic mass is 35.5. The molecular formula is C31H42ClN3O6S2. The molecule has 1 saturated carbocycles. The fourth-order valence-electron chi connectivity index (χ4n) is 6.85. The second-order valence-corrected chi connectivity index (χ2v) is 16.4. The van der Waals surface area contributed by atoms with E-state index in [1.54, 1.807) is 40.7 Å². The number of piperidine rings is 2. The van der Waals surface area contributed by atoms with E-state index >= 15 is 0 Å². The molecule has 43 heavy (non-hydrogen) atoms. The van der Waals surface area contributed by atoms with Crippen LogP contribution in [0.3, 0.4) is 0 Å². The van der Waals surface area contributed by atoms with Crippen LogP contribution in [-0.2, 0) is 24.8 Å². The van der Waals surface area contributed by atoms with Crippen molar-refractivity contribution in [1.29, 1.82) is 0 Å². The van der Waals surface area contributed by atoms with Gasteiger partial charge >= 0.3 is 5.97 Å². The van der Waals surface area contributed by atoms with Gasteiger partial charge < -0.3 is 10.0 Å². The van der Waals surface area contributed by atoms with E-state index < -0.39 is 31.9 Å². The maximum Gasteiger partial charge on any atom is 0.306 e. The first-order chi connectivity index (χ1) is 20.5. The van der Waals surface area contributed by atoms with Crippen LogP contribution in [0.2, 0.25) is 5.02 Å². The Morgan fingerprint density at radius 1 is 0.837 bits per heavy atom. The third kappa shape index (κ3) is 7.92. The summed E-state index contributed by atoms with van der Waals surface area (Å²) in [5.41, 5.74) is 0.836. The number of nitrogens with one attached hydrogen (secondary N) is 1. The summed E-state index contributed by atoms with van der Waals surface area (Å²) in [7, 11) is -7.20. The highest BCUT2D eigenvalue weighted by Gasteiger charge is 2.33. The molecule has 1 aliphatic carbocycles. The van der Waals surface area contributed by atoms with Gasteiger partial charge in [0.25, 0.3) is 0 Å². The zero-order chi connectivity index (χ0) is 30.6. The van der Waals surface area contributed by atoms with Crippen molar-refractivity contribution in [3.8, 4) is 0 Å². The van der Waals surface area contributed by atoms with Crippen LogP contribution in [0.1, 0.15) is 64.2 Å². The zero-order valence-electron chi connectivity index (χ0n) is 24.4. The fourth-order valence-corrected chi connectivity index (χ4v) is 10.0. The summed E-state index contributed by atoms with van der Waals surface area (Å²) in [6, 6.07) is 13.1. The van der Waals surface area contributed by atoms with Crippen LogP contribution >= 0.6 is 11.6 Å². The topological polar surface area (TPSA) is 124 Å². The van der Waals surface area contributed by atoms with Gasteiger partial charge in [-0.1, -0.05) is 49.1 Å². The van der Waals surface area contributed by atoms with Gasteiger partial charge in [-0.05, 0) is 87.1 Å². The highest BCUT2D eigenvalue weighted by Crippen LogP contribution is 2.34. The van der Waals surface area contributed by atoms with Gasteiger partial charge in [-0.3, -0.25) is 4.79 Å². The Bertz CT molecular complexity index is 1470. The van der Waals surface area contributed by atoms with Crippen LogP contribution in [0, 0.1) is 17.8 Å². The van der Waals surface area contributed by atoms with Crippen LogP contribution in [0.15, 0.2) is 58.3 Å². The monoisotopic (exact) mass is 651 g/mol. The average molecular weight is 652 g/mol. The predicted octanol–water partition coefficient (Wildman–Crippen LogP) is 5.36. The molecule has 0 spiro atoms. The largest absolute Gasteiger partial charge is 0.481 e. The Kier molecular flexibility index (Phi) is 10.4. The molecule has 2 aromatic rings. The Labute approximate surface area is 260 Å². The molecule has 2 aliphatic heterocycles. The lowest BCUT2D eigenvalue weighted by atomic mass is 9.87. The summed E-state index contributed by atoms with van der Waals surface area (Å²) >= 11 is 6.58. The van der Waals surface area contributed by atoms with Crippen LogP contribution in [0.25, 0.3) is 0 Å². The number of anilines is 1. The van der Waals surface area contributed by atoms with Gasteiger partial charge in [-0.15, -0.1) is 0 Å². The Morgan fingerprint density at radius 2 is 1.47 bits per heavy atom. The lowest BCUT2D eigenvalue weighted by Crippen LogP contribution is -2.38. The van der Waals surface area contributed by atoms with Crippen molar-refractivity contribution in [2.24, 2.45) is 17.8 Å². The van der Waals surface area contributed by atoms with Gasteiger partial charge in [-0.2, -0.15) is 4.31 Å². The van der Waals surface area contributed by atoms with Crippen LogP contribution in [0.4, 0.5) is 5.69 Å². The van der Waals surface area contributed by atoms with E-state index in [0.29, 0.717) is 54.1 Å². The third-order valence-corrected chi connectivity index (χ3v) is 13.2. The molecule has 2 heterocycles. The molecule has 3 aliphatic rings. The first kappa shape index (κ1) is 32.2. The Hall–Kier alpha value is -2.18. The smallest absolute Gasteiger partial charge is 0.306 e. The zero-order valence-corrected chi connectivity index (χ0v) is 26.8. The second-order valence-electron chi connectivity index (χ2n) is 12.3. The number of sulfonamides is 2. The molecular weight excluding hydrogens is 610 g/mol. The van der Waals surface area contributed by atoms with E-state index in [9.17, 15) is 26.7 Å². The minimum atomic E-state index is -3.79. The van der Waals surface area contributed by atoms with E-state index in [0.717, 1.165) is 63.7 Å². The molecule has 3 fully saturated rings. The molecule has 0 amide bonds. The van der Waals surface area contributed by atoms with Crippen molar-refractivity contribution < 1.29 is 26.7 Å². The van der Waals surface area contributed by atoms with Crippen molar-refractivity contribution in [2.75, 3.05) is 31.1 Å². The molecule has 9 nitrogen and oxygen atoms in total. The number of carboxylic acid groups (broad SMARTS) is 1. The number of carbonyl (C=O) groups is 1. The molecule has 5 rings (SSSR count). The quantitative estimate of drug-likeness (QED) is 0.335. The van der Waals surface area contributed by atoms with Gasteiger partial charge in [0, 0.05) is 32.2 Å². The van der Waals surface area contributed by atoms with E-state index in [1.165, 1.54) is 6.07 Å². The van der Waals surface area contributed by atoms with E-state index in [-0.39, 0.29) is 10.9 Å². The van der Waals surface area contributed by atoms with Gasteiger partial charge in [0.05, 0.1) is 26.4 Å². The van der Waals surface area contributed by atoms with E-state index in [4.69, 9.17) is 11.6 Å². The molecule has 2 atom stereocenters. The molecule has 2 unspecified atom stereocenters. The van der Waals surface area contributed by atoms with Gasteiger partial charge in [0.2, 0.25) is 20.0 Å². The maximum atomic E-state index is 12.9. The Morgan fingerprint density at radius 3 is 2.05 bits per heavy atom. The van der Waals surface area contributed by atoms with Gasteiger partial charge in [0.15, 0.2) is 0 Å². The summed E-state index contributed by atoms with van der Waals surface area (Å²) in [4.78, 5) is 13.9. The molecule has 12 heteroatoms. The molecule has 0 bridgehead atoms. The number of rotatable bonds is 11. The SMILES string of the molecule is O=C(O)C1CCC(NS(=O)(=O)c2ccc(N3CCC(CCCC4CCN(S(=O)(=O)c5ccccc5)CC4)CC3)c(Cl)c2)C1. The molecule has 2 aromatic carbocycles. The third-order valence-electron chi connectivity index (χ3n) is 9.47. The lowest BCUT2D eigenvalue weighted by molar-refractivity contribution is -0.141. The molecule has 0 radical (unpaired) electrons. The normalized spacial score (nSPS) is 23.0. The van der Waals surface area contributed by atoms with Crippen molar-refractivity contribution >= 4 is 43.3 Å². The number of halogens is 1. The summed E-state index contributed by atoms with van der Waals surface area (Å²) in [6.45, 7) is 2.90. The average Bonchev–Trinajstić information content (AvgIpc) is 3.46. The number of hydrogen-bond donors (Lipinski definition) is 2. The lowest BCUT2D eigenvalue weighted by Gasteiger charge is -2.35.